The van der Waals surface area contributed by atoms with Crippen molar-refractivity contribution in [2.24, 2.45) is 7.05 Å². The highest BCUT2D eigenvalue weighted by Crippen LogP contribution is 2.29. The van der Waals surface area contributed by atoms with Crippen LogP contribution < -0.4 is 5.43 Å². The van der Waals surface area contributed by atoms with Gasteiger partial charge >= 0.3 is 0 Å². The number of pyridine rings is 1. The second-order valence-electron chi connectivity index (χ2n) is 7.26. The van der Waals surface area contributed by atoms with E-state index in [0.717, 1.165) is 18.4 Å². The van der Waals surface area contributed by atoms with Crippen LogP contribution in [0.1, 0.15) is 16.7 Å². The Hall–Kier alpha value is -4.28. The quantitative estimate of drug-likeness (QED) is 0.459. The molecule has 2 aromatic carbocycles. The van der Waals surface area contributed by atoms with Crippen LogP contribution in [0.3, 0.4) is 0 Å². The topological polar surface area (TPSA) is 109 Å². The molecular formula is C23H14F2N4O3S. The van der Waals surface area contributed by atoms with Gasteiger partial charge in [0, 0.05) is 31.1 Å². The molecule has 4 aromatic rings. The van der Waals surface area contributed by atoms with Crippen molar-refractivity contribution < 1.29 is 17.2 Å². The number of halogens is 2. The van der Waals surface area contributed by atoms with Gasteiger partial charge in [-0.05, 0) is 24.3 Å². The van der Waals surface area contributed by atoms with Gasteiger partial charge < -0.3 is 4.98 Å². The van der Waals surface area contributed by atoms with E-state index >= 15 is 4.39 Å². The van der Waals surface area contributed by atoms with Crippen LogP contribution in [0.5, 0.6) is 0 Å². The van der Waals surface area contributed by atoms with Gasteiger partial charge in [-0.3, -0.25) is 9.48 Å². The fourth-order valence-electron chi connectivity index (χ4n) is 3.36. The normalized spacial score (nSPS) is 11.1. The first kappa shape index (κ1) is 21.9. The summed E-state index contributed by atoms with van der Waals surface area (Å²) in [6.07, 6.45) is 3.97. The third-order valence-electron chi connectivity index (χ3n) is 4.84. The van der Waals surface area contributed by atoms with Crippen molar-refractivity contribution in [1.29, 1.82) is 5.26 Å². The molecule has 0 saturated heterocycles. The molecule has 10 heteroatoms. The minimum Gasteiger partial charge on any atom is -0.354 e. The van der Waals surface area contributed by atoms with E-state index in [1.807, 2.05) is 6.07 Å². The third kappa shape index (κ3) is 4.12. The highest BCUT2D eigenvalue weighted by Gasteiger charge is 2.20. The van der Waals surface area contributed by atoms with Crippen LogP contribution in [0.4, 0.5) is 8.78 Å². The molecule has 164 valence electrons. The summed E-state index contributed by atoms with van der Waals surface area (Å²) in [4.78, 5) is 15.4. The zero-order valence-electron chi connectivity index (χ0n) is 17.3. The summed E-state index contributed by atoms with van der Waals surface area (Å²) in [5.74, 6) is 2.86. The molecule has 7 nitrogen and oxygen atoms in total. The number of benzene rings is 2. The van der Waals surface area contributed by atoms with Crippen molar-refractivity contribution in [3.8, 4) is 29.2 Å². The zero-order valence-corrected chi connectivity index (χ0v) is 18.1. The number of nitrogens with one attached hydrogen (secondary N) is 1. The largest absolute Gasteiger partial charge is 0.354 e. The molecule has 0 aliphatic heterocycles. The van der Waals surface area contributed by atoms with Crippen molar-refractivity contribution in [3.63, 3.8) is 0 Å². The lowest BCUT2D eigenvalue weighted by Crippen LogP contribution is -2.09. The van der Waals surface area contributed by atoms with Gasteiger partial charge in [-0.15, -0.1) is 0 Å². The van der Waals surface area contributed by atoms with Crippen LogP contribution in [0.2, 0.25) is 0 Å². The average Bonchev–Trinajstić information content (AvgIpc) is 3.16. The van der Waals surface area contributed by atoms with Crippen LogP contribution in [-0.4, -0.2) is 29.4 Å². The zero-order chi connectivity index (χ0) is 23.9. The van der Waals surface area contributed by atoms with E-state index in [-0.39, 0.29) is 27.2 Å². The lowest BCUT2D eigenvalue weighted by Gasteiger charge is -2.11. The molecule has 4 rings (SSSR count). The molecule has 1 N–H and O–H groups in total. The summed E-state index contributed by atoms with van der Waals surface area (Å²) in [7, 11) is -2.06. The highest BCUT2D eigenvalue weighted by molar-refractivity contribution is 7.90. The highest BCUT2D eigenvalue weighted by atomic mass is 32.2. The molecule has 0 spiro atoms. The fraction of sp³-hybridized carbons (Fsp3) is 0.0870. The fourth-order valence-corrected chi connectivity index (χ4v) is 4.24. The molecule has 0 unspecified atom stereocenters. The SMILES string of the molecule is Cn1cc(C#Cc2c(F)cc3[nH]c(-c4cc(C#N)ccc4S(C)(=O)=O)cc(=O)c3c2F)cn1. The number of sulfone groups is 1. The maximum Gasteiger partial charge on any atom is 0.193 e. The van der Waals surface area contributed by atoms with Crippen LogP contribution >= 0.6 is 0 Å². The molecule has 2 aromatic heterocycles. The third-order valence-corrected chi connectivity index (χ3v) is 6.00. The van der Waals surface area contributed by atoms with Gasteiger partial charge in [0.25, 0.3) is 0 Å². The van der Waals surface area contributed by atoms with E-state index in [4.69, 9.17) is 0 Å². The van der Waals surface area contributed by atoms with Gasteiger partial charge in [-0.2, -0.15) is 10.4 Å². The molecule has 0 radical (unpaired) electrons. The Balaban J connectivity index is 1.95. The number of hydrogen-bond donors (Lipinski definition) is 1. The summed E-state index contributed by atoms with van der Waals surface area (Å²) in [5, 5.41) is 12.7. The molecule has 0 aliphatic rings. The van der Waals surface area contributed by atoms with E-state index in [1.165, 1.54) is 29.1 Å². The Labute approximate surface area is 186 Å². The summed E-state index contributed by atoms with van der Waals surface area (Å²) in [6.45, 7) is 0. The van der Waals surface area contributed by atoms with Crippen LogP contribution in [-0.2, 0) is 16.9 Å². The van der Waals surface area contributed by atoms with Gasteiger partial charge in [-0.1, -0.05) is 11.8 Å². The lowest BCUT2D eigenvalue weighted by atomic mass is 10.0. The summed E-state index contributed by atoms with van der Waals surface area (Å²) in [6, 6.07) is 7.67. The van der Waals surface area contributed by atoms with E-state index < -0.39 is 37.9 Å². The molecule has 0 fully saturated rings. The van der Waals surface area contributed by atoms with Crippen LogP contribution in [0, 0.1) is 34.8 Å². The minimum atomic E-state index is -3.73. The number of aromatic amines is 1. The van der Waals surface area contributed by atoms with Gasteiger partial charge in [0.2, 0.25) is 0 Å². The minimum absolute atomic E-state index is 0.00183. The number of aromatic nitrogens is 3. The molecule has 0 amide bonds. The van der Waals surface area contributed by atoms with Gasteiger partial charge in [0.1, 0.15) is 5.82 Å². The smallest absolute Gasteiger partial charge is 0.193 e. The summed E-state index contributed by atoms with van der Waals surface area (Å²) in [5.41, 5.74) is -0.936. The second-order valence-corrected chi connectivity index (χ2v) is 9.25. The molecule has 0 saturated carbocycles. The molecule has 0 atom stereocenters. The number of nitrogens with zero attached hydrogens (tertiary/aromatic N) is 3. The molecule has 0 bridgehead atoms. The number of nitriles is 1. The monoisotopic (exact) mass is 464 g/mol. The molecule has 2 heterocycles. The molecule has 0 aliphatic carbocycles. The Bertz CT molecular complexity index is 1720. The van der Waals surface area contributed by atoms with Crippen molar-refractivity contribution in [2.75, 3.05) is 6.26 Å². The van der Waals surface area contributed by atoms with E-state index in [2.05, 4.69) is 21.9 Å². The Morgan fingerprint density at radius 3 is 2.52 bits per heavy atom. The number of H-pyrrole nitrogens is 1. The predicted molar refractivity (Wildman–Crippen MR) is 117 cm³/mol. The van der Waals surface area contributed by atoms with E-state index in [0.29, 0.717) is 5.56 Å². The van der Waals surface area contributed by atoms with Crippen molar-refractivity contribution in [2.45, 2.75) is 4.90 Å². The van der Waals surface area contributed by atoms with Crippen molar-refractivity contribution in [3.05, 3.63) is 81.3 Å². The molecule has 33 heavy (non-hydrogen) atoms. The Kier molecular flexibility index (Phi) is 5.32. The Morgan fingerprint density at radius 1 is 1.12 bits per heavy atom. The number of aryl methyl sites for hydroxylation is 1. The first-order valence-corrected chi connectivity index (χ1v) is 11.3. The number of fused-ring (bicyclic) bond motifs is 1. The average molecular weight is 464 g/mol. The number of hydrogen-bond acceptors (Lipinski definition) is 5. The van der Waals surface area contributed by atoms with Crippen LogP contribution in [0.25, 0.3) is 22.2 Å². The Morgan fingerprint density at radius 2 is 1.88 bits per heavy atom. The second kappa shape index (κ2) is 8.01. The maximum atomic E-state index is 15.1. The van der Waals surface area contributed by atoms with Gasteiger partial charge in [0.05, 0.1) is 50.4 Å². The molecular weight excluding hydrogens is 450 g/mol. The van der Waals surface area contributed by atoms with Crippen LogP contribution in [0.15, 0.2) is 52.4 Å². The lowest BCUT2D eigenvalue weighted by molar-refractivity contribution is 0.585. The van der Waals surface area contributed by atoms with Gasteiger partial charge in [-0.25, -0.2) is 17.2 Å². The number of rotatable bonds is 2. The predicted octanol–water partition coefficient (Wildman–Crippen LogP) is 2.88. The van der Waals surface area contributed by atoms with E-state index in [1.54, 1.807) is 13.2 Å². The summed E-state index contributed by atoms with van der Waals surface area (Å²) < 4.78 is 55.7. The first-order chi connectivity index (χ1) is 15.6. The van der Waals surface area contributed by atoms with Crippen molar-refractivity contribution in [1.82, 2.24) is 14.8 Å². The maximum absolute atomic E-state index is 15.1. The summed E-state index contributed by atoms with van der Waals surface area (Å²) >= 11 is 0. The van der Waals surface area contributed by atoms with Crippen molar-refractivity contribution >= 4 is 20.7 Å². The standard InChI is InChI=1S/C23H14F2N4O3S/c1-29-12-14(11-27-29)3-5-15-17(24)8-19-22(23(15)25)20(30)9-18(28-19)16-7-13(10-26)4-6-21(16)33(2,31)32/h4,6-9,11-12H,1-2H3,(H,28,30). The first-order valence-electron chi connectivity index (χ1n) is 9.39. The van der Waals surface area contributed by atoms with Gasteiger partial charge in [0.15, 0.2) is 21.1 Å². The van der Waals surface area contributed by atoms with E-state index in [9.17, 15) is 22.9 Å².